The highest BCUT2D eigenvalue weighted by atomic mass is 16.2. The van der Waals surface area contributed by atoms with E-state index in [0.29, 0.717) is 38.5 Å². The maximum Gasteiger partial charge on any atom is 0.334 e. The first-order valence-corrected chi connectivity index (χ1v) is 13.8. The third kappa shape index (κ3) is 6.58. The van der Waals surface area contributed by atoms with Gasteiger partial charge >= 0.3 is 6.03 Å². The molecule has 1 aromatic carbocycles. The normalized spacial score (nSPS) is 21.7. The molecule has 0 aliphatic carbocycles. The monoisotopic (exact) mass is 499 g/mol. The predicted octanol–water partition coefficient (Wildman–Crippen LogP) is 4.08. The van der Waals surface area contributed by atoms with Crippen molar-refractivity contribution in [2.24, 2.45) is 11.8 Å². The van der Waals surface area contributed by atoms with Gasteiger partial charge < -0.3 is 15.1 Å². The predicted molar refractivity (Wildman–Crippen MR) is 142 cm³/mol. The minimum absolute atomic E-state index is 0.0258. The molecule has 2 saturated heterocycles. The topological polar surface area (TPSA) is 76.2 Å². The van der Waals surface area contributed by atoms with E-state index in [4.69, 9.17) is 0 Å². The highest BCUT2D eigenvalue weighted by Gasteiger charge is 2.51. The van der Waals surface area contributed by atoms with Crippen molar-refractivity contribution in [3.05, 3.63) is 35.9 Å². The fourth-order valence-electron chi connectivity index (χ4n) is 5.39. The molecule has 1 N–H and O–H groups in total. The fourth-order valence-corrected chi connectivity index (χ4v) is 5.39. The average molecular weight is 500 g/mol. The standard InChI is InChI=1S/C28H45N5O3/c1-6-9-13-22(7-2)18-30-19-25-32(24(27(30)35)16-21(4)5)26(34)20-31(8-3)33(25)28(36)29-17-23-14-11-10-12-15-23/h10-12,14-15,21-22,24-25H,6-9,13,16-20H2,1-5H3,(H,29,36)/t22?,24-,25-/m0/s1. The van der Waals surface area contributed by atoms with Gasteiger partial charge in [-0.2, -0.15) is 0 Å². The second-order valence-electron chi connectivity index (χ2n) is 10.6. The first-order valence-electron chi connectivity index (χ1n) is 13.8. The van der Waals surface area contributed by atoms with E-state index in [9.17, 15) is 14.4 Å². The lowest BCUT2D eigenvalue weighted by atomic mass is 9.94. The van der Waals surface area contributed by atoms with Gasteiger partial charge in [-0.15, -0.1) is 0 Å². The molecule has 0 bridgehead atoms. The lowest BCUT2D eigenvalue weighted by Gasteiger charge is -2.55. The van der Waals surface area contributed by atoms with Gasteiger partial charge in [-0.3, -0.25) is 9.59 Å². The first-order chi connectivity index (χ1) is 17.3. The van der Waals surface area contributed by atoms with Gasteiger partial charge in [0.25, 0.3) is 0 Å². The number of urea groups is 1. The number of carbonyl (C=O) groups excluding carboxylic acids is 3. The Kier molecular flexibility index (Phi) is 10.2. The quantitative estimate of drug-likeness (QED) is 0.498. The summed E-state index contributed by atoms with van der Waals surface area (Å²) in [4.78, 5) is 44.3. The molecule has 8 heteroatoms. The van der Waals surface area contributed by atoms with Gasteiger partial charge in [-0.1, -0.05) is 84.2 Å². The van der Waals surface area contributed by atoms with Gasteiger partial charge in [-0.25, -0.2) is 14.8 Å². The number of likely N-dealkylation sites (N-methyl/N-ethyl adjacent to an activating group) is 1. The van der Waals surface area contributed by atoms with Crippen LogP contribution in [0.3, 0.4) is 0 Å². The van der Waals surface area contributed by atoms with E-state index in [2.05, 4.69) is 33.0 Å². The van der Waals surface area contributed by atoms with E-state index in [1.807, 2.05) is 47.2 Å². The summed E-state index contributed by atoms with van der Waals surface area (Å²) in [6.07, 6.45) is 4.45. The van der Waals surface area contributed by atoms with Crippen molar-refractivity contribution in [3.63, 3.8) is 0 Å². The summed E-state index contributed by atoms with van der Waals surface area (Å²) in [5, 5.41) is 6.56. The number of carbonyl (C=O) groups is 3. The molecule has 0 aromatic heterocycles. The maximum absolute atomic E-state index is 13.7. The third-order valence-electron chi connectivity index (χ3n) is 7.41. The van der Waals surface area contributed by atoms with Crippen molar-refractivity contribution in [2.45, 2.75) is 85.5 Å². The van der Waals surface area contributed by atoms with E-state index in [1.165, 1.54) is 0 Å². The summed E-state index contributed by atoms with van der Waals surface area (Å²) in [5.74, 6) is 0.615. The number of fused-ring (bicyclic) bond motifs is 1. The Labute approximate surface area is 216 Å². The van der Waals surface area contributed by atoms with E-state index in [-0.39, 0.29) is 30.3 Å². The lowest BCUT2D eigenvalue weighted by Crippen LogP contribution is -2.76. The minimum atomic E-state index is -0.539. The third-order valence-corrected chi connectivity index (χ3v) is 7.41. The van der Waals surface area contributed by atoms with Gasteiger partial charge in [-0.05, 0) is 30.2 Å². The molecule has 2 fully saturated rings. The Morgan fingerprint density at radius 1 is 1.11 bits per heavy atom. The maximum atomic E-state index is 13.7. The number of piperazine rings is 1. The number of benzene rings is 1. The van der Waals surface area contributed by atoms with E-state index < -0.39 is 12.2 Å². The molecule has 1 unspecified atom stereocenters. The number of nitrogens with zero attached hydrogens (tertiary/aromatic N) is 4. The number of nitrogens with one attached hydrogen (secondary N) is 1. The Bertz CT molecular complexity index is 877. The molecule has 2 aliphatic heterocycles. The Morgan fingerprint density at radius 2 is 1.83 bits per heavy atom. The molecule has 3 atom stereocenters. The number of amides is 4. The van der Waals surface area contributed by atoms with Crippen molar-refractivity contribution < 1.29 is 14.4 Å². The van der Waals surface area contributed by atoms with Crippen LogP contribution < -0.4 is 5.32 Å². The number of hydrogen-bond acceptors (Lipinski definition) is 4. The molecular formula is C28H45N5O3. The van der Waals surface area contributed by atoms with Crippen LogP contribution in [0.1, 0.15) is 72.3 Å². The molecule has 2 aliphatic rings. The number of hydrazine groups is 1. The van der Waals surface area contributed by atoms with Crippen LogP contribution in [0, 0.1) is 11.8 Å². The largest absolute Gasteiger partial charge is 0.337 e. The second kappa shape index (κ2) is 13.1. The Balaban J connectivity index is 1.89. The number of unbranched alkanes of at least 4 members (excludes halogenated alkanes) is 1. The summed E-state index contributed by atoms with van der Waals surface area (Å²) in [5.41, 5.74) is 1.01. The van der Waals surface area contributed by atoms with Crippen molar-refractivity contribution in [3.8, 4) is 0 Å². The van der Waals surface area contributed by atoms with Crippen molar-refractivity contribution >= 4 is 17.8 Å². The SMILES string of the molecule is CCCCC(CC)CN1C[C@H]2N(C(=O)CN(CC)N2C(=O)NCc2ccccc2)[C@@H](CC(C)C)C1=O. The smallest absolute Gasteiger partial charge is 0.334 e. The van der Waals surface area contributed by atoms with Crippen LogP contribution in [0.15, 0.2) is 30.3 Å². The average Bonchev–Trinajstić information content (AvgIpc) is 2.87. The van der Waals surface area contributed by atoms with Gasteiger partial charge in [0, 0.05) is 19.6 Å². The highest BCUT2D eigenvalue weighted by Crippen LogP contribution is 2.30. The molecule has 0 saturated carbocycles. The zero-order valence-corrected chi connectivity index (χ0v) is 22.8. The molecule has 0 radical (unpaired) electrons. The van der Waals surface area contributed by atoms with E-state index in [0.717, 1.165) is 31.2 Å². The van der Waals surface area contributed by atoms with E-state index >= 15 is 0 Å². The Hall–Kier alpha value is -2.61. The van der Waals surface area contributed by atoms with Crippen LogP contribution in [-0.2, 0) is 16.1 Å². The van der Waals surface area contributed by atoms with Crippen LogP contribution in [-0.4, -0.2) is 76.0 Å². The van der Waals surface area contributed by atoms with Crippen LogP contribution in [0.4, 0.5) is 4.79 Å². The van der Waals surface area contributed by atoms with Crippen molar-refractivity contribution in [1.29, 1.82) is 0 Å². The summed E-state index contributed by atoms with van der Waals surface area (Å²) < 4.78 is 0. The second-order valence-corrected chi connectivity index (χ2v) is 10.6. The molecule has 1 aromatic rings. The zero-order chi connectivity index (χ0) is 26.2. The summed E-state index contributed by atoms with van der Waals surface area (Å²) in [6.45, 7) is 12.5. The van der Waals surface area contributed by atoms with Gasteiger partial charge in [0.05, 0.1) is 13.1 Å². The van der Waals surface area contributed by atoms with Gasteiger partial charge in [0.2, 0.25) is 11.8 Å². The van der Waals surface area contributed by atoms with Crippen LogP contribution in [0.25, 0.3) is 0 Å². The highest BCUT2D eigenvalue weighted by molar-refractivity contribution is 5.91. The minimum Gasteiger partial charge on any atom is -0.337 e. The number of hydrogen-bond donors (Lipinski definition) is 1. The summed E-state index contributed by atoms with van der Waals surface area (Å²) in [7, 11) is 0. The first kappa shape index (κ1) is 28.0. The van der Waals surface area contributed by atoms with Crippen molar-refractivity contribution in [2.75, 3.05) is 26.2 Å². The summed E-state index contributed by atoms with van der Waals surface area (Å²) in [6, 6.07) is 9.03. The zero-order valence-electron chi connectivity index (χ0n) is 22.8. The van der Waals surface area contributed by atoms with Crippen molar-refractivity contribution in [1.82, 2.24) is 25.1 Å². The molecule has 2 heterocycles. The molecule has 4 amide bonds. The number of rotatable bonds is 11. The molecular weight excluding hydrogens is 454 g/mol. The summed E-state index contributed by atoms with van der Waals surface area (Å²) >= 11 is 0. The van der Waals surface area contributed by atoms with Gasteiger partial charge in [0.15, 0.2) is 0 Å². The van der Waals surface area contributed by atoms with E-state index in [1.54, 1.807) is 9.91 Å². The van der Waals surface area contributed by atoms with Crippen LogP contribution in [0.2, 0.25) is 0 Å². The van der Waals surface area contributed by atoms with Crippen LogP contribution >= 0.6 is 0 Å². The molecule has 36 heavy (non-hydrogen) atoms. The molecule has 3 rings (SSSR count). The molecule has 8 nitrogen and oxygen atoms in total. The lowest BCUT2D eigenvalue weighted by molar-refractivity contribution is -0.191. The van der Waals surface area contributed by atoms with Gasteiger partial charge in [0.1, 0.15) is 12.2 Å². The van der Waals surface area contributed by atoms with Crippen LogP contribution in [0.5, 0.6) is 0 Å². The fraction of sp³-hybridized carbons (Fsp3) is 0.679. The Morgan fingerprint density at radius 3 is 2.44 bits per heavy atom. The molecule has 200 valence electrons. The molecule has 0 spiro atoms.